The minimum Gasteiger partial charge on any atom is -0.392 e. The van der Waals surface area contributed by atoms with Crippen LogP contribution in [0.25, 0.3) is 0 Å². The van der Waals surface area contributed by atoms with E-state index in [0.717, 1.165) is 6.21 Å². The maximum atomic E-state index is 13.6. The zero-order chi connectivity index (χ0) is 16.7. The molecule has 0 aliphatic carbocycles. The molecule has 0 aliphatic heterocycles. The highest BCUT2D eigenvalue weighted by atomic mass is 35.5. The maximum Gasteiger partial charge on any atom is 0.229 e. The van der Waals surface area contributed by atoms with E-state index >= 15 is 0 Å². The van der Waals surface area contributed by atoms with Crippen LogP contribution in [0.3, 0.4) is 0 Å². The number of halogens is 2. The summed E-state index contributed by atoms with van der Waals surface area (Å²) < 4.78 is 13.6. The van der Waals surface area contributed by atoms with Gasteiger partial charge in [-0.2, -0.15) is 4.98 Å². The topological polar surface area (TPSA) is 85.7 Å². The lowest BCUT2D eigenvalue weighted by Crippen LogP contribution is -2.10. The van der Waals surface area contributed by atoms with E-state index in [-0.39, 0.29) is 18.3 Å². The highest BCUT2D eigenvalue weighted by Gasteiger charge is 2.07. The minimum absolute atomic E-state index is 0.243. The highest BCUT2D eigenvalue weighted by molar-refractivity contribution is 6.32. The van der Waals surface area contributed by atoms with Gasteiger partial charge in [0.15, 0.2) is 5.82 Å². The number of allylic oxidation sites excluding steroid dienone is 1. The molecular weight excluding hydrogens is 319 g/mol. The number of nitrogens with one attached hydrogen (secondary N) is 4. The van der Waals surface area contributed by atoms with Crippen LogP contribution < -0.4 is 16.0 Å². The van der Waals surface area contributed by atoms with Crippen LogP contribution in [0.4, 0.5) is 16.2 Å². The van der Waals surface area contributed by atoms with Crippen LogP contribution in [0.2, 0.25) is 5.02 Å². The first-order valence-electron chi connectivity index (χ1n) is 6.78. The van der Waals surface area contributed by atoms with E-state index < -0.39 is 0 Å². The van der Waals surface area contributed by atoms with Crippen molar-refractivity contribution in [1.82, 2.24) is 15.3 Å². The monoisotopic (exact) mass is 334 g/mol. The molecule has 0 bridgehead atoms. The molecule has 1 aromatic carbocycles. The molecule has 23 heavy (non-hydrogen) atoms. The van der Waals surface area contributed by atoms with Gasteiger partial charge in [-0.25, -0.2) is 9.37 Å². The van der Waals surface area contributed by atoms with E-state index in [1.165, 1.54) is 12.3 Å². The average molecular weight is 335 g/mol. The molecule has 8 heteroatoms. The molecule has 0 aliphatic rings. The second kappa shape index (κ2) is 8.09. The summed E-state index contributed by atoms with van der Waals surface area (Å²) in [7, 11) is 1.72. The molecule has 0 spiro atoms. The third-order valence-electron chi connectivity index (χ3n) is 2.86. The molecule has 2 aromatic rings. The molecule has 2 rings (SSSR count). The zero-order valence-corrected chi connectivity index (χ0v) is 13.2. The normalized spacial score (nSPS) is 11.0. The Morgan fingerprint density at radius 2 is 2.17 bits per heavy atom. The van der Waals surface area contributed by atoms with Gasteiger partial charge in [-0.15, -0.1) is 0 Å². The Morgan fingerprint density at radius 3 is 2.87 bits per heavy atom. The van der Waals surface area contributed by atoms with E-state index in [2.05, 4.69) is 25.9 Å². The summed E-state index contributed by atoms with van der Waals surface area (Å²) in [6, 6.07) is 6.46. The van der Waals surface area contributed by atoms with Gasteiger partial charge < -0.3 is 21.4 Å². The van der Waals surface area contributed by atoms with Crippen molar-refractivity contribution in [2.75, 3.05) is 17.7 Å². The first-order chi connectivity index (χ1) is 11.1. The molecule has 0 amide bonds. The summed E-state index contributed by atoms with van der Waals surface area (Å²) in [6.07, 6.45) is 4.15. The molecule has 0 fully saturated rings. The molecule has 6 nitrogen and oxygen atoms in total. The first-order valence-corrected chi connectivity index (χ1v) is 7.16. The summed E-state index contributed by atoms with van der Waals surface area (Å²) in [5.41, 5.74) is 0.988. The fraction of sp³-hybridized carbons (Fsp3) is 0.133. The van der Waals surface area contributed by atoms with E-state index in [4.69, 9.17) is 17.0 Å². The molecule has 0 saturated carbocycles. The van der Waals surface area contributed by atoms with Gasteiger partial charge in [0.25, 0.3) is 0 Å². The van der Waals surface area contributed by atoms with Gasteiger partial charge in [0.1, 0.15) is 10.8 Å². The van der Waals surface area contributed by atoms with Gasteiger partial charge in [-0.05, 0) is 6.07 Å². The van der Waals surface area contributed by atoms with Crippen LogP contribution in [0.1, 0.15) is 5.56 Å². The highest BCUT2D eigenvalue weighted by Crippen LogP contribution is 2.21. The number of hydrogen-bond acceptors (Lipinski definition) is 6. The van der Waals surface area contributed by atoms with Crippen LogP contribution in [-0.4, -0.2) is 23.2 Å². The van der Waals surface area contributed by atoms with Gasteiger partial charge in [-0.1, -0.05) is 29.8 Å². The molecule has 0 atom stereocenters. The minimum atomic E-state index is -0.299. The smallest absolute Gasteiger partial charge is 0.229 e. The quantitative estimate of drug-likeness (QED) is 0.585. The van der Waals surface area contributed by atoms with Gasteiger partial charge in [-0.3, -0.25) is 0 Å². The lowest BCUT2D eigenvalue weighted by molar-refractivity contribution is 0.613. The van der Waals surface area contributed by atoms with Gasteiger partial charge in [0.05, 0.1) is 11.9 Å². The van der Waals surface area contributed by atoms with Crippen molar-refractivity contribution >= 4 is 29.6 Å². The van der Waals surface area contributed by atoms with Crippen molar-refractivity contribution in [1.29, 1.82) is 5.41 Å². The number of aromatic nitrogens is 2. The van der Waals surface area contributed by atoms with E-state index in [1.54, 1.807) is 31.4 Å². The standard InChI is InChI=1S/C15H16ClFN6/c1-19-8-11(6-18)22-15-21-9-12(16)14(23-15)20-7-10-4-2-3-5-13(10)17/h2-6,8-9,18-19H,7H2,1H3,(H2,20,21,22,23)/b11-8+,18-6?. The van der Waals surface area contributed by atoms with Crippen LogP contribution in [-0.2, 0) is 6.54 Å². The first kappa shape index (κ1) is 16.7. The molecule has 0 radical (unpaired) electrons. The van der Waals surface area contributed by atoms with Crippen LogP contribution >= 0.6 is 11.6 Å². The zero-order valence-electron chi connectivity index (χ0n) is 12.4. The fourth-order valence-electron chi connectivity index (χ4n) is 1.77. The Hall–Kier alpha value is -2.67. The second-order valence-corrected chi connectivity index (χ2v) is 4.90. The Bertz CT molecular complexity index is 719. The Morgan fingerprint density at radius 1 is 1.39 bits per heavy atom. The predicted molar refractivity (Wildman–Crippen MR) is 90.3 cm³/mol. The molecule has 120 valence electrons. The van der Waals surface area contributed by atoms with Crippen LogP contribution in [0.5, 0.6) is 0 Å². The van der Waals surface area contributed by atoms with Crippen LogP contribution in [0, 0.1) is 11.2 Å². The third-order valence-corrected chi connectivity index (χ3v) is 3.14. The molecule has 0 saturated heterocycles. The van der Waals surface area contributed by atoms with Crippen molar-refractivity contribution < 1.29 is 4.39 Å². The van der Waals surface area contributed by atoms with E-state index in [1.807, 2.05) is 0 Å². The van der Waals surface area contributed by atoms with Crippen molar-refractivity contribution in [3.05, 3.63) is 58.8 Å². The number of rotatable bonds is 7. The molecule has 0 unspecified atom stereocenters. The summed E-state index contributed by atoms with van der Waals surface area (Å²) >= 11 is 6.05. The molecular formula is C15H16ClFN6. The Balaban J connectivity index is 2.13. The second-order valence-electron chi connectivity index (χ2n) is 4.49. The van der Waals surface area contributed by atoms with Crippen molar-refractivity contribution in [2.24, 2.45) is 0 Å². The maximum absolute atomic E-state index is 13.6. The van der Waals surface area contributed by atoms with Gasteiger partial charge in [0, 0.05) is 31.6 Å². The Kier molecular flexibility index (Phi) is 5.87. The van der Waals surface area contributed by atoms with Gasteiger partial charge >= 0.3 is 0 Å². The van der Waals surface area contributed by atoms with Crippen molar-refractivity contribution in [2.45, 2.75) is 6.54 Å². The molecule has 1 aromatic heterocycles. The largest absolute Gasteiger partial charge is 0.392 e. The molecule has 4 N–H and O–H groups in total. The predicted octanol–water partition coefficient (Wildman–Crippen LogP) is 3.00. The number of hydrogen-bond donors (Lipinski definition) is 4. The lowest BCUT2D eigenvalue weighted by Gasteiger charge is -2.10. The summed E-state index contributed by atoms with van der Waals surface area (Å²) in [5, 5.41) is 16.3. The number of benzene rings is 1. The van der Waals surface area contributed by atoms with Crippen molar-refractivity contribution in [3.63, 3.8) is 0 Å². The SMILES string of the molecule is CN/C=C(\C=N)Nc1ncc(Cl)c(NCc2ccccc2F)n1. The lowest BCUT2D eigenvalue weighted by atomic mass is 10.2. The Labute approximate surface area is 138 Å². The van der Waals surface area contributed by atoms with Gasteiger partial charge in [0.2, 0.25) is 5.95 Å². The number of nitrogens with zero attached hydrogens (tertiary/aromatic N) is 2. The summed E-state index contributed by atoms with van der Waals surface area (Å²) in [4.78, 5) is 8.27. The third kappa shape index (κ3) is 4.65. The average Bonchev–Trinajstić information content (AvgIpc) is 2.56. The van der Waals surface area contributed by atoms with Crippen molar-refractivity contribution in [3.8, 4) is 0 Å². The summed E-state index contributed by atoms with van der Waals surface area (Å²) in [6.45, 7) is 0.243. The number of anilines is 2. The summed E-state index contributed by atoms with van der Waals surface area (Å²) in [5.74, 6) is 0.350. The van der Waals surface area contributed by atoms with Crippen LogP contribution in [0.15, 0.2) is 42.4 Å². The molecule has 1 heterocycles. The van der Waals surface area contributed by atoms with E-state index in [0.29, 0.717) is 22.1 Å². The van der Waals surface area contributed by atoms with E-state index in [9.17, 15) is 4.39 Å². The fourth-order valence-corrected chi connectivity index (χ4v) is 1.93.